The normalized spacial score (nSPS) is 35.1. The van der Waals surface area contributed by atoms with Gasteiger partial charge in [0.15, 0.2) is 0 Å². The van der Waals surface area contributed by atoms with Gasteiger partial charge in [0.05, 0.1) is 0 Å². The second kappa shape index (κ2) is 3.96. The van der Waals surface area contributed by atoms with Crippen molar-refractivity contribution in [1.82, 2.24) is 0 Å². The molecule has 0 amide bonds. The Morgan fingerprint density at radius 1 is 1.67 bits per heavy atom. The minimum Gasteiger partial charge on any atom is -0.313 e. The highest BCUT2D eigenvalue weighted by Gasteiger charge is 2.47. The molecule has 0 saturated heterocycles. The molecule has 1 fully saturated rings. The Morgan fingerprint density at radius 3 is 3.20 bits per heavy atom. The molecule has 15 heavy (non-hydrogen) atoms. The smallest absolute Gasteiger partial charge is 0.00475 e. The van der Waals surface area contributed by atoms with Gasteiger partial charge in [-0.2, -0.15) is 0 Å². The second-order valence-corrected chi connectivity index (χ2v) is 5.35. The lowest BCUT2D eigenvalue weighted by Gasteiger charge is -2.13. The first kappa shape index (κ1) is 10.7. The van der Waals surface area contributed by atoms with Crippen LogP contribution >= 0.6 is 0 Å². The predicted octanol–water partition coefficient (Wildman–Crippen LogP) is 3.96. The van der Waals surface area contributed by atoms with Gasteiger partial charge < -0.3 is 5.41 Å². The molecule has 0 aromatic heterocycles. The summed E-state index contributed by atoms with van der Waals surface area (Å²) in [5.41, 5.74) is 2.09. The van der Waals surface area contributed by atoms with Gasteiger partial charge in [-0.3, -0.25) is 0 Å². The van der Waals surface area contributed by atoms with Crippen molar-refractivity contribution in [2.75, 3.05) is 0 Å². The van der Waals surface area contributed by atoms with E-state index in [9.17, 15) is 0 Å². The number of fused-ring (bicyclic) bond motifs is 1. The Labute approximate surface area is 92.8 Å². The summed E-state index contributed by atoms with van der Waals surface area (Å²) in [5.74, 6) is 1.45. The summed E-state index contributed by atoms with van der Waals surface area (Å²) in [6, 6.07) is 0. The van der Waals surface area contributed by atoms with Gasteiger partial charge in [0.1, 0.15) is 0 Å². The van der Waals surface area contributed by atoms with Gasteiger partial charge in [-0.25, -0.2) is 0 Å². The summed E-state index contributed by atoms with van der Waals surface area (Å²) in [6.45, 7) is 4.66. The largest absolute Gasteiger partial charge is 0.313 e. The van der Waals surface area contributed by atoms with Gasteiger partial charge in [0.2, 0.25) is 0 Å². The molecule has 2 aliphatic carbocycles. The average Bonchev–Trinajstić information content (AvgIpc) is 2.85. The van der Waals surface area contributed by atoms with Crippen LogP contribution in [0.2, 0.25) is 0 Å². The number of rotatable bonds is 4. The van der Waals surface area contributed by atoms with Crippen LogP contribution in [0.3, 0.4) is 0 Å². The zero-order valence-electron chi connectivity index (χ0n) is 9.79. The van der Waals surface area contributed by atoms with Gasteiger partial charge in [0, 0.05) is 0 Å². The maximum absolute atomic E-state index is 7.07. The van der Waals surface area contributed by atoms with Crippen LogP contribution in [0.4, 0.5) is 0 Å². The molecule has 0 aromatic rings. The first-order valence-electron chi connectivity index (χ1n) is 6.03. The van der Waals surface area contributed by atoms with Gasteiger partial charge >= 0.3 is 0 Å². The van der Waals surface area contributed by atoms with Crippen LogP contribution < -0.4 is 0 Å². The van der Waals surface area contributed by atoms with Gasteiger partial charge in [-0.15, -0.1) is 0 Å². The van der Waals surface area contributed by atoms with Gasteiger partial charge in [0.25, 0.3) is 0 Å². The van der Waals surface area contributed by atoms with Crippen molar-refractivity contribution in [3.05, 3.63) is 23.8 Å². The molecule has 0 aliphatic heterocycles. The molecular formula is C14H21N. The van der Waals surface area contributed by atoms with Crippen LogP contribution in [0.5, 0.6) is 0 Å². The summed E-state index contributed by atoms with van der Waals surface area (Å²) >= 11 is 0. The molecular weight excluding hydrogens is 182 g/mol. The van der Waals surface area contributed by atoms with Gasteiger partial charge in [-0.1, -0.05) is 37.6 Å². The Bertz CT molecular complexity index is 313. The molecule has 1 heteroatoms. The van der Waals surface area contributed by atoms with Crippen LogP contribution in [0.25, 0.3) is 0 Å². The molecule has 0 heterocycles. The van der Waals surface area contributed by atoms with E-state index < -0.39 is 0 Å². The zero-order valence-corrected chi connectivity index (χ0v) is 9.79. The van der Waals surface area contributed by atoms with Crippen LogP contribution in [0, 0.1) is 22.7 Å². The molecule has 2 aliphatic rings. The molecule has 1 N–H and O–H groups in total. The van der Waals surface area contributed by atoms with Crippen LogP contribution in [-0.2, 0) is 0 Å². The van der Waals surface area contributed by atoms with E-state index in [0.29, 0.717) is 11.3 Å². The van der Waals surface area contributed by atoms with E-state index in [4.69, 9.17) is 5.41 Å². The topological polar surface area (TPSA) is 23.9 Å². The number of hydrogen-bond donors (Lipinski definition) is 1. The van der Waals surface area contributed by atoms with Crippen molar-refractivity contribution in [2.45, 2.75) is 39.5 Å². The third kappa shape index (κ3) is 2.22. The van der Waals surface area contributed by atoms with Crippen molar-refractivity contribution in [1.29, 1.82) is 5.41 Å². The molecule has 1 saturated carbocycles. The van der Waals surface area contributed by atoms with Crippen LogP contribution in [-0.4, -0.2) is 6.21 Å². The summed E-state index contributed by atoms with van der Waals surface area (Å²) in [4.78, 5) is 0. The van der Waals surface area contributed by atoms with E-state index in [0.717, 1.165) is 25.2 Å². The SMILES string of the molecule is CC(CCC=N)C1=CC2CC2(C)C=CC1. The quantitative estimate of drug-likeness (QED) is 0.528. The maximum Gasteiger partial charge on any atom is -0.00475 e. The van der Waals surface area contributed by atoms with Crippen molar-refractivity contribution in [2.24, 2.45) is 17.3 Å². The molecule has 3 atom stereocenters. The van der Waals surface area contributed by atoms with E-state index in [1.54, 1.807) is 5.57 Å². The Hall–Kier alpha value is -0.850. The Balaban J connectivity index is 2.00. The summed E-state index contributed by atoms with van der Waals surface area (Å²) in [7, 11) is 0. The third-order valence-corrected chi connectivity index (χ3v) is 3.99. The summed E-state index contributed by atoms with van der Waals surface area (Å²) < 4.78 is 0. The van der Waals surface area contributed by atoms with Crippen molar-refractivity contribution >= 4 is 6.21 Å². The minimum absolute atomic E-state index is 0.489. The molecule has 0 radical (unpaired) electrons. The lowest BCUT2D eigenvalue weighted by atomic mass is 9.93. The highest BCUT2D eigenvalue weighted by atomic mass is 14.5. The maximum atomic E-state index is 7.07. The number of allylic oxidation sites excluding steroid dienone is 4. The Kier molecular flexibility index (Phi) is 2.81. The first-order chi connectivity index (χ1) is 7.15. The van der Waals surface area contributed by atoms with E-state index in [1.807, 2.05) is 0 Å². The lowest BCUT2D eigenvalue weighted by Crippen LogP contribution is -2.00. The minimum atomic E-state index is 0.489. The van der Waals surface area contributed by atoms with E-state index >= 15 is 0 Å². The molecule has 0 spiro atoms. The number of hydrogen-bond acceptors (Lipinski definition) is 1. The molecule has 3 unspecified atom stereocenters. The third-order valence-electron chi connectivity index (χ3n) is 3.99. The van der Waals surface area contributed by atoms with E-state index in [2.05, 4.69) is 32.1 Å². The molecule has 2 rings (SSSR count). The number of nitrogens with one attached hydrogen (secondary N) is 1. The predicted molar refractivity (Wildman–Crippen MR) is 65.2 cm³/mol. The monoisotopic (exact) mass is 203 g/mol. The van der Waals surface area contributed by atoms with Crippen LogP contribution in [0.1, 0.15) is 39.5 Å². The fraction of sp³-hybridized carbons (Fsp3) is 0.643. The standard InChI is InChI=1S/C14H21N/c1-11(5-4-8-15)12-6-3-7-14(2)10-13(14)9-12/h3,7-9,11,13,15H,4-6,10H2,1-2H3. The summed E-state index contributed by atoms with van der Waals surface area (Å²) in [5, 5.41) is 7.07. The van der Waals surface area contributed by atoms with Crippen molar-refractivity contribution in [3.63, 3.8) is 0 Å². The fourth-order valence-electron chi connectivity index (χ4n) is 2.53. The fourth-order valence-corrected chi connectivity index (χ4v) is 2.53. The van der Waals surface area contributed by atoms with Crippen molar-refractivity contribution < 1.29 is 0 Å². The molecule has 82 valence electrons. The average molecular weight is 203 g/mol. The Morgan fingerprint density at radius 2 is 2.47 bits per heavy atom. The molecule has 1 nitrogen and oxygen atoms in total. The summed E-state index contributed by atoms with van der Waals surface area (Å²) in [6.07, 6.45) is 13.3. The highest BCUT2D eigenvalue weighted by Crippen LogP contribution is 2.56. The molecule has 0 aromatic carbocycles. The van der Waals surface area contributed by atoms with E-state index in [-0.39, 0.29) is 0 Å². The first-order valence-corrected chi connectivity index (χ1v) is 6.03. The highest BCUT2D eigenvalue weighted by molar-refractivity contribution is 5.52. The second-order valence-electron chi connectivity index (χ2n) is 5.35. The van der Waals surface area contributed by atoms with E-state index in [1.165, 1.54) is 12.6 Å². The lowest BCUT2D eigenvalue weighted by molar-refractivity contribution is 0.616. The van der Waals surface area contributed by atoms with Crippen LogP contribution in [0.15, 0.2) is 23.8 Å². The zero-order chi connectivity index (χ0) is 10.9. The van der Waals surface area contributed by atoms with Crippen molar-refractivity contribution in [3.8, 4) is 0 Å². The van der Waals surface area contributed by atoms with Gasteiger partial charge in [-0.05, 0) is 49.1 Å². The molecule has 0 bridgehead atoms.